The second-order valence-corrected chi connectivity index (χ2v) is 7.55. The van der Waals surface area contributed by atoms with Gasteiger partial charge in [0.1, 0.15) is 11.9 Å². The summed E-state index contributed by atoms with van der Waals surface area (Å²) < 4.78 is 6.29. The van der Waals surface area contributed by atoms with Crippen LogP contribution >= 0.6 is 0 Å². The largest absolute Gasteiger partial charge is 0.494 e. The second-order valence-electron chi connectivity index (χ2n) is 7.55. The van der Waals surface area contributed by atoms with Crippen molar-refractivity contribution in [2.24, 2.45) is 29.6 Å². The molecule has 20 heavy (non-hydrogen) atoms. The second kappa shape index (κ2) is 6.32. The zero-order valence-electron chi connectivity index (χ0n) is 13.7. The van der Waals surface area contributed by atoms with Crippen molar-refractivity contribution in [1.29, 1.82) is 0 Å². The van der Waals surface area contributed by atoms with Crippen LogP contribution in [-0.4, -0.2) is 11.9 Å². The molecule has 0 unspecified atom stereocenters. The van der Waals surface area contributed by atoms with Gasteiger partial charge in [0.2, 0.25) is 0 Å². The minimum atomic E-state index is 0.142. The summed E-state index contributed by atoms with van der Waals surface area (Å²) in [5, 5.41) is 0. The fourth-order valence-corrected chi connectivity index (χ4v) is 3.73. The van der Waals surface area contributed by atoms with Gasteiger partial charge >= 0.3 is 0 Å². The first-order valence-corrected chi connectivity index (χ1v) is 8.29. The molecule has 2 nitrogen and oxygen atoms in total. The molecule has 0 amide bonds. The Morgan fingerprint density at radius 1 is 1.15 bits per heavy atom. The van der Waals surface area contributed by atoms with Crippen LogP contribution in [0.3, 0.4) is 0 Å². The van der Waals surface area contributed by atoms with Gasteiger partial charge in [0.15, 0.2) is 5.78 Å². The zero-order chi connectivity index (χ0) is 14.9. The van der Waals surface area contributed by atoms with E-state index in [4.69, 9.17) is 4.74 Å². The molecule has 0 aliphatic heterocycles. The van der Waals surface area contributed by atoms with Crippen molar-refractivity contribution in [3.8, 4) is 0 Å². The van der Waals surface area contributed by atoms with Crippen LogP contribution < -0.4 is 0 Å². The lowest BCUT2D eigenvalue weighted by Gasteiger charge is -2.37. The Balaban J connectivity index is 2.01. The Hall–Kier alpha value is -0.790. The van der Waals surface area contributed by atoms with Crippen LogP contribution in [0, 0.1) is 29.6 Å². The van der Waals surface area contributed by atoms with E-state index >= 15 is 0 Å². The van der Waals surface area contributed by atoms with Crippen molar-refractivity contribution in [1.82, 2.24) is 0 Å². The summed E-state index contributed by atoms with van der Waals surface area (Å²) in [6.07, 6.45) is 6.60. The number of carbonyl (C=O) groups is 1. The molecule has 1 fully saturated rings. The summed E-state index contributed by atoms with van der Waals surface area (Å²) in [4.78, 5) is 12.0. The molecule has 0 saturated heterocycles. The maximum absolute atomic E-state index is 12.0. The summed E-state index contributed by atoms with van der Waals surface area (Å²) in [7, 11) is 0. The third-order valence-electron chi connectivity index (χ3n) is 5.16. The molecular formula is C18H30O2. The van der Waals surface area contributed by atoms with E-state index in [0.29, 0.717) is 23.9 Å². The highest BCUT2D eigenvalue weighted by Crippen LogP contribution is 2.38. The van der Waals surface area contributed by atoms with Gasteiger partial charge in [-0.1, -0.05) is 41.0 Å². The highest BCUT2D eigenvalue weighted by Gasteiger charge is 2.35. The van der Waals surface area contributed by atoms with Crippen LogP contribution in [0.1, 0.15) is 60.3 Å². The van der Waals surface area contributed by atoms with Gasteiger partial charge in [0, 0.05) is 18.4 Å². The van der Waals surface area contributed by atoms with E-state index < -0.39 is 0 Å². The van der Waals surface area contributed by atoms with Gasteiger partial charge in [-0.05, 0) is 36.5 Å². The number of carbonyl (C=O) groups excluding carboxylic acids is 1. The molecule has 2 rings (SSSR count). The topological polar surface area (TPSA) is 26.3 Å². The minimum Gasteiger partial charge on any atom is -0.494 e. The van der Waals surface area contributed by atoms with E-state index in [1.807, 2.05) is 0 Å². The van der Waals surface area contributed by atoms with Crippen molar-refractivity contribution < 1.29 is 9.53 Å². The van der Waals surface area contributed by atoms with E-state index in [0.717, 1.165) is 24.5 Å². The Morgan fingerprint density at radius 3 is 2.40 bits per heavy atom. The summed E-state index contributed by atoms with van der Waals surface area (Å²) in [6.45, 7) is 11.2. The first kappa shape index (κ1) is 15.6. The first-order chi connectivity index (χ1) is 9.38. The molecule has 0 N–H and O–H groups in total. The molecule has 0 aromatic heterocycles. The van der Waals surface area contributed by atoms with E-state index in [2.05, 4.69) is 34.6 Å². The van der Waals surface area contributed by atoms with Crippen molar-refractivity contribution in [3.05, 3.63) is 11.8 Å². The average molecular weight is 278 g/mol. The third kappa shape index (κ3) is 3.45. The van der Waals surface area contributed by atoms with E-state index in [9.17, 15) is 4.79 Å². The van der Waals surface area contributed by atoms with Crippen molar-refractivity contribution in [3.63, 3.8) is 0 Å². The van der Waals surface area contributed by atoms with Crippen LogP contribution in [0.2, 0.25) is 0 Å². The Kier molecular flexibility index (Phi) is 4.93. The molecule has 114 valence electrons. The summed E-state index contributed by atoms with van der Waals surface area (Å²) in [6, 6.07) is 0. The lowest BCUT2D eigenvalue weighted by molar-refractivity contribution is -0.118. The molecule has 0 aromatic rings. The van der Waals surface area contributed by atoms with Gasteiger partial charge in [0.25, 0.3) is 0 Å². The number of rotatable bonds is 4. The fourth-order valence-electron chi connectivity index (χ4n) is 3.73. The van der Waals surface area contributed by atoms with Crippen LogP contribution in [0.15, 0.2) is 11.8 Å². The summed E-state index contributed by atoms with van der Waals surface area (Å²) >= 11 is 0. The van der Waals surface area contributed by atoms with Gasteiger partial charge in [-0.2, -0.15) is 0 Å². The number of hydrogen-bond acceptors (Lipinski definition) is 2. The van der Waals surface area contributed by atoms with Gasteiger partial charge < -0.3 is 4.74 Å². The van der Waals surface area contributed by atoms with E-state index in [1.54, 1.807) is 6.08 Å². The summed E-state index contributed by atoms with van der Waals surface area (Å²) in [5.74, 6) is 3.80. The highest BCUT2D eigenvalue weighted by molar-refractivity contribution is 5.94. The third-order valence-corrected chi connectivity index (χ3v) is 5.16. The summed E-state index contributed by atoms with van der Waals surface area (Å²) in [5.41, 5.74) is 0. The zero-order valence-corrected chi connectivity index (χ0v) is 13.7. The van der Waals surface area contributed by atoms with Crippen molar-refractivity contribution in [2.75, 3.05) is 0 Å². The number of ether oxygens (including phenoxy) is 1. The Morgan fingerprint density at radius 2 is 1.85 bits per heavy atom. The average Bonchev–Trinajstić information content (AvgIpc) is 2.70. The van der Waals surface area contributed by atoms with Crippen LogP contribution in [0.5, 0.6) is 0 Å². The maximum Gasteiger partial charge on any atom is 0.162 e. The number of allylic oxidation sites excluding steroid dienone is 2. The van der Waals surface area contributed by atoms with E-state index in [1.165, 1.54) is 12.8 Å². The normalized spacial score (nSPS) is 34.8. The van der Waals surface area contributed by atoms with Crippen molar-refractivity contribution in [2.45, 2.75) is 66.4 Å². The van der Waals surface area contributed by atoms with Gasteiger partial charge in [-0.25, -0.2) is 0 Å². The number of ketones is 1. The van der Waals surface area contributed by atoms with Crippen LogP contribution in [0.25, 0.3) is 0 Å². The van der Waals surface area contributed by atoms with Gasteiger partial charge in [0.05, 0.1) is 0 Å². The molecule has 0 bridgehead atoms. The van der Waals surface area contributed by atoms with E-state index in [-0.39, 0.29) is 11.7 Å². The molecule has 2 aliphatic carbocycles. The predicted octanol–water partition coefficient (Wildman–Crippen LogP) is 4.59. The van der Waals surface area contributed by atoms with Crippen LogP contribution in [-0.2, 0) is 9.53 Å². The fraction of sp³-hybridized carbons (Fsp3) is 0.833. The molecule has 2 aliphatic rings. The lowest BCUT2D eigenvalue weighted by atomic mass is 9.75. The standard InChI is InChI=1S/C18H30O2/c1-11(2)15-7-6-13(5)8-18(15)20-14-9-16(12(3)4)17(19)10-14/h10-13,15-16,18H,6-9H2,1-5H3/t13-,15+,16-,18-/m0/s1. The molecule has 4 atom stereocenters. The predicted molar refractivity (Wildman–Crippen MR) is 82.3 cm³/mol. The number of hydrogen-bond donors (Lipinski definition) is 0. The SMILES string of the molecule is CC(C)[C@@H]1CC(O[C@H]2C[C@@H](C)CC[C@@H]2C(C)C)=CC1=O. The molecule has 0 aromatic carbocycles. The minimum absolute atomic E-state index is 0.142. The van der Waals surface area contributed by atoms with Gasteiger partial charge in [-0.15, -0.1) is 0 Å². The molecule has 0 heterocycles. The van der Waals surface area contributed by atoms with Gasteiger partial charge in [-0.3, -0.25) is 4.79 Å². The lowest BCUT2D eigenvalue weighted by Crippen LogP contribution is -2.34. The molecule has 2 heteroatoms. The first-order valence-electron chi connectivity index (χ1n) is 8.29. The highest BCUT2D eigenvalue weighted by atomic mass is 16.5. The smallest absolute Gasteiger partial charge is 0.162 e. The Bertz CT molecular complexity index is 381. The van der Waals surface area contributed by atoms with Crippen LogP contribution in [0.4, 0.5) is 0 Å². The molecule has 0 radical (unpaired) electrons. The molecule has 1 saturated carbocycles. The maximum atomic E-state index is 12.0. The molecule has 0 spiro atoms. The monoisotopic (exact) mass is 278 g/mol. The van der Waals surface area contributed by atoms with Crippen molar-refractivity contribution >= 4 is 5.78 Å². The quantitative estimate of drug-likeness (QED) is 0.751. The Labute approximate surface area is 124 Å². The molecular weight excluding hydrogens is 248 g/mol.